The summed E-state index contributed by atoms with van der Waals surface area (Å²) in [4.78, 5) is 18.9. The summed E-state index contributed by atoms with van der Waals surface area (Å²) in [6.45, 7) is 2.52. The standard InChI is InChI=1S/C18H19ClN2O2/c19-16-3-1-15(2-4-16)17(13-14-5-7-20-8-6-14)18(22)21-9-11-23-12-10-21/h1-8,17H,9-13H2. The number of aromatic nitrogens is 1. The lowest BCUT2D eigenvalue weighted by Crippen LogP contribution is -2.43. The van der Waals surface area contributed by atoms with E-state index >= 15 is 0 Å². The van der Waals surface area contributed by atoms with Crippen molar-refractivity contribution in [3.63, 3.8) is 0 Å². The third-order valence-electron chi connectivity index (χ3n) is 4.08. The van der Waals surface area contributed by atoms with Crippen LogP contribution in [0, 0.1) is 0 Å². The highest BCUT2D eigenvalue weighted by molar-refractivity contribution is 6.30. The molecule has 0 radical (unpaired) electrons. The van der Waals surface area contributed by atoms with Crippen LogP contribution >= 0.6 is 11.6 Å². The van der Waals surface area contributed by atoms with Gasteiger partial charge in [0.15, 0.2) is 0 Å². The third kappa shape index (κ3) is 4.09. The van der Waals surface area contributed by atoms with E-state index in [-0.39, 0.29) is 11.8 Å². The Bertz CT molecular complexity index is 640. The lowest BCUT2D eigenvalue weighted by Gasteiger charge is -2.30. The number of carbonyl (C=O) groups excluding carboxylic acids is 1. The molecule has 1 aliphatic heterocycles. The molecule has 2 aromatic rings. The minimum atomic E-state index is -0.215. The number of morpholine rings is 1. The van der Waals surface area contributed by atoms with Crippen molar-refractivity contribution in [2.75, 3.05) is 26.3 Å². The molecule has 120 valence electrons. The van der Waals surface area contributed by atoms with Crippen LogP contribution in [0.25, 0.3) is 0 Å². The molecule has 0 N–H and O–H groups in total. The van der Waals surface area contributed by atoms with E-state index in [1.807, 2.05) is 41.3 Å². The Morgan fingerprint density at radius 2 is 1.78 bits per heavy atom. The zero-order chi connectivity index (χ0) is 16.1. The van der Waals surface area contributed by atoms with Crippen LogP contribution in [0.1, 0.15) is 17.0 Å². The maximum absolute atomic E-state index is 13.0. The van der Waals surface area contributed by atoms with Crippen molar-refractivity contribution in [3.8, 4) is 0 Å². The van der Waals surface area contributed by atoms with Crippen LogP contribution in [-0.2, 0) is 16.0 Å². The zero-order valence-corrected chi connectivity index (χ0v) is 13.6. The summed E-state index contributed by atoms with van der Waals surface area (Å²) >= 11 is 5.98. The number of halogens is 1. The molecule has 1 aromatic carbocycles. The highest BCUT2D eigenvalue weighted by Crippen LogP contribution is 2.25. The maximum atomic E-state index is 13.0. The Hall–Kier alpha value is -1.91. The molecule has 23 heavy (non-hydrogen) atoms. The van der Waals surface area contributed by atoms with Gasteiger partial charge in [0.2, 0.25) is 5.91 Å². The number of benzene rings is 1. The quantitative estimate of drug-likeness (QED) is 0.865. The third-order valence-corrected chi connectivity index (χ3v) is 4.33. The highest BCUT2D eigenvalue weighted by Gasteiger charge is 2.27. The molecule has 2 heterocycles. The first-order chi connectivity index (χ1) is 11.2. The van der Waals surface area contributed by atoms with E-state index in [0.29, 0.717) is 37.7 Å². The summed E-state index contributed by atoms with van der Waals surface area (Å²) in [5.41, 5.74) is 2.09. The lowest BCUT2D eigenvalue weighted by atomic mass is 9.91. The number of amides is 1. The average molecular weight is 331 g/mol. The number of ether oxygens (including phenoxy) is 1. The van der Waals surface area contributed by atoms with Crippen LogP contribution in [0.2, 0.25) is 5.02 Å². The average Bonchev–Trinajstić information content (AvgIpc) is 2.62. The van der Waals surface area contributed by atoms with Gasteiger partial charge in [-0.1, -0.05) is 23.7 Å². The topological polar surface area (TPSA) is 42.4 Å². The van der Waals surface area contributed by atoms with Crippen molar-refractivity contribution < 1.29 is 9.53 Å². The summed E-state index contributed by atoms with van der Waals surface area (Å²) in [6.07, 6.45) is 4.17. The van der Waals surface area contributed by atoms with Gasteiger partial charge in [-0.15, -0.1) is 0 Å². The second-order valence-corrected chi connectivity index (χ2v) is 6.04. The summed E-state index contributed by atoms with van der Waals surface area (Å²) in [6, 6.07) is 11.5. The molecule has 0 saturated carbocycles. The fraction of sp³-hybridized carbons (Fsp3) is 0.333. The molecule has 1 unspecified atom stereocenters. The van der Waals surface area contributed by atoms with Gasteiger partial charge in [-0.3, -0.25) is 9.78 Å². The summed E-state index contributed by atoms with van der Waals surface area (Å²) < 4.78 is 5.35. The van der Waals surface area contributed by atoms with Gasteiger partial charge in [0.25, 0.3) is 0 Å². The minimum absolute atomic E-state index is 0.146. The van der Waals surface area contributed by atoms with Gasteiger partial charge in [-0.25, -0.2) is 0 Å². The van der Waals surface area contributed by atoms with E-state index in [0.717, 1.165) is 11.1 Å². The molecule has 1 atom stereocenters. The monoisotopic (exact) mass is 330 g/mol. The molecule has 1 amide bonds. The van der Waals surface area contributed by atoms with E-state index in [2.05, 4.69) is 4.98 Å². The van der Waals surface area contributed by atoms with Crippen molar-refractivity contribution in [2.24, 2.45) is 0 Å². The van der Waals surface area contributed by atoms with Crippen molar-refractivity contribution in [2.45, 2.75) is 12.3 Å². The van der Waals surface area contributed by atoms with Crippen LogP contribution in [0.3, 0.4) is 0 Å². The van der Waals surface area contributed by atoms with Crippen molar-refractivity contribution in [3.05, 3.63) is 64.9 Å². The Labute approximate surface area is 141 Å². The van der Waals surface area contributed by atoms with Crippen molar-refractivity contribution in [1.82, 2.24) is 9.88 Å². The second kappa shape index (κ2) is 7.57. The molecular weight excluding hydrogens is 312 g/mol. The Balaban J connectivity index is 1.85. The Morgan fingerprint density at radius 3 is 2.43 bits per heavy atom. The molecule has 0 aliphatic carbocycles. The molecule has 3 rings (SSSR count). The molecule has 1 aliphatic rings. The van der Waals surface area contributed by atoms with Gasteiger partial charge >= 0.3 is 0 Å². The lowest BCUT2D eigenvalue weighted by molar-refractivity contribution is -0.136. The molecule has 0 bridgehead atoms. The molecule has 4 nitrogen and oxygen atoms in total. The normalized spacial score (nSPS) is 16.1. The van der Waals surface area contributed by atoms with Gasteiger partial charge in [-0.05, 0) is 41.8 Å². The number of hydrogen-bond acceptors (Lipinski definition) is 3. The van der Waals surface area contributed by atoms with Crippen LogP contribution in [0.4, 0.5) is 0 Å². The Morgan fingerprint density at radius 1 is 1.13 bits per heavy atom. The zero-order valence-electron chi connectivity index (χ0n) is 12.8. The fourth-order valence-corrected chi connectivity index (χ4v) is 2.93. The first-order valence-corrected chi connectivity index (χ1v) is 8.13. The predicted octanol–water partition coefficient (Wildman–Crippen LogP) is 2.92. The van der Waals surface area contributed by atoms with Crippen LogP contribution in [0.15, 0.2) is 48.8 Å². The smallest absolute Gasteiger partial charge is 0.230 e. The van der Waals surface area contributed by atoms with Gasteiger partial charge < -0.3 is 9.64 Å². The molecule has 0 spiro atoms. The number of nitrogens with zero attached hydrogens (tertiary/aromatic N) is 2. The molecule has 5 heteroatoms. The molecule has 1 saturated heterocycles. The second-order valence-electron chi connectivity index (χ2n) is 5.60. The van der Waals surface area contributed by atoms with Crippen molar-refractivity contribution >= 4 is 17.5 Å². The maximum Gasteiger partial charge on any atom is 0.230 e. The van der Waals surface area contributed by atoms with E-state index < -0.39 is 0 Å². The molecule has 1 aromatic heterocycles. The summed E-state index contributed by atoms with van der Waals surface area (Å²) in [5.74, 6) is -0.0693. The van der Waals surface area contributed by atoms with Gasteiger partial charge in [0.05, 0.1) is 19.1 Å². The van der Waals surface area contributed by atoms with Crippen LogP contribution in [-0.4, -0.2) is 42.1 Å². The minimum Gasteiger partial charge on any atom is -0.378 e. The van der Waals surface area contributed by atoms with Crippen molar-refractivity contribution in [1.29, 1.82) is 0 Å². The first-order valence-electron chi connectivity index (χ1n) is 7.75. The van der Waals surface area contributed by atoms with Gasteiger partial charge in [-0.2, -0.15) is 0 Å². The number of hydrogen-bond donors (Lipinski definition) is 0. The molecular formula is C18H19ClN2O2. The Kier molecular flexibility index (Phi) is 5.26. The number of carbonyl (C=O) groups is 1. The van der Waals surface area contributed by atoms with Crippen LogP contribution < -0.4 is 0 Å². The van der Waals surface area contributed by atoms with E-state index in [9.17, 15) is 4.79 Å². The van der Waals surface area contributed by atoms with E-state index in [4.69, 9.17) is 16.3 Å². The first kappa shape index (κ1) is 16.0. The number of pyridine rings is 1. The largest absolute Gasteiger partial charge is 0.378 e. The fourth-order valence-electron chi connectivity index (χ4n) is 2.80. The van der Waals surface area contributed by atoms with E-state index in [1.54, 1.807) is 12.4 Å². The molecule has 1 fully saturated rings. The van der Waals surface area contributed by atoms with E-state index in [1.165, 1.54) is 0 Å². The highest BCUT2D eigenvalue weighted by atomic mass is 35.5. The summed E-state index contributed by atoms with van der Waals surface area (Å²) in [5, 5.41) is 0.676. The number of rotatable bonds is 4. The predicted molar refractivity (Wildman–Crippen MR) is 89.5 cm³/mol. The summed E-state index contributed by atoms with van der Waals surface area (Å²) in [7, 11) is 0. The SMILES string of the molecule is O=C(C(Cc1ccncc1)c1ccc(Cl)cc1)N1CCOCC1. The van der Waals surface area contributed by atoms with Crippen LogP contribution in [0.5, 0.6) is 0 Å². The van der Waals surface area contributed by atoms with Gasteiger partial charge in [0.1, 0.15) is 0 Å². The van der Waals surface area contributed by atoms with Gasteiger partial charge in [0, 0.05) is 30.5 Å².